The monoisotopic (exact) mass is 318 g/mol. The van der Waals surface area contributed by atoms with E-state index in [9.17, 15) is 8.42 Å². The molecular weight excluding hydrogens is 296 g/mol. The fourth-order valence-electron chi connectivity index (χ4n) is 1.55. The molecule has 0 saturated heterocycles. The maximum Gasteiger partial charge on any atom is 0.243 e. The number of aromatic nitrogens is 3. The lowest BCUT2D eigenvalue weighted by atomic mass is 10.1. The largest absolute Gasteiger partial charge is 0.352 e. The van der Waals surface area contributed by atoms with Gasteiger partial charge in [0.1, 0.15) is 0 Å². The molecule has 0 saturated carbocycles. The Morgan fingerprint density at radius 1 is 1.19 bits per heavy atom. The molecule has 0 aliphatic rings. The van der Waals surface area contributed by atoms with E-state index in [2.05, 4.69) is 30.4 Å². The number of hydrogen-bond acceptors (Lipinski definition) is 9. The van der Waals surface area contributed by atoms with Crippen LogP contribution in [-0.4, -0.2) is 55.8 Å². The van der Waals surface area contributed by atoms with Gasteiger partial charge in [-0.2, -0.15) is 15.0 Å². The topological polar surface area (TPSA) is 138 Å². The van der Waals surface area contributed by atoms with Crippen molar-refractivity contribution < 1.29 is 8.42 Å². The smallest absolute Gasteiger partial charge is 0.243 e. The maximum absolute atomic E-state index is 11.3. The van der Waals surface area contributed by atoms with Gasteiger partial charge in [0.05, 0.1) is 6.26 Å². The Balaban J connectivity index is 2.85. The summed E-state index contributed by atoms with van der Waals surface area (Å²) in [5.41, 5.74) is 1.66. The summed E-state index contributed by atoms with van der Waals surface area (Å²) in [5, 5.41) is 2.97. The highest BCUT2D eigenvalue weighted by Gasteiger charge is 2.22. The minimum Gasteiger partial charge on any atom is -0.352 e. The fourth-order valence-corrected chi connectivity index (χ4v) is 2.62. The van der Waals surface area contributed by atoms with Crippen molar-refractivity contribution in [1.29, 1.82) is 0 Å². The quantitative estimate of drug-likeness (QED) is 0.367. The van der Waals surface area contributed by atoms with Crippen molar-refractivity contribution in [2.24, 2.45) is 5.84 Å². The molecule has 0 fully saturated rings. The number of nitrogens with one attached hydrogen (secondary N) is 3. The van der Waals surface area contributed by atoms with Crippen molar-refractivity contribution in [3.8, 4) is 0 Å². The third-order valence-electron chi connectivity index (χ3n) is 2.30. The van der Waals surface area contributed by atoms with E-state index in [1.165, 1.54) is 0 Å². The summed E-state index contributed by atoms with van der Waals surface area (Å²) in [6, 6.07) is 0. The van der Waals surface area contributed by atoms with Crippen molar-refractivity contribution in [2.45, 2.75) is 19.4 Å². The summed E-state index contributed by atoms with van der Waals surface area (Å²) in [7, 11) is 0.268. The molecule has 0 aliphatic heterocycles. The minimum atomic E-state index is -3.30. The van der Waals surface area contributed by atoms with Crippen LogP contribution in [0.15, 0.2) is 0 Å². The maximum atomic E-state index is 11.3. The lowest BCUT2D eigenvalue weighted by molar-refractivity contribution is 0.475. The second-order valence-electron chi connectivity index (χ2n) is 5.43. The molecule has 120 valence electrons. The Hall–Kier alpha value is -1.72. The molecule has 0 aliphatic carbocycles. The molecule has 0 amide bonds. The summed E-state index contributed by atoms with van der Waals surface area (Å²) < 4.78 is 25.1. The van der Waals surface area contributed by atoms with E-state index in [4.69, 9.17) is 5.84 Å². The van der Waals surface area contributed by atoms with Gasteiger partial charge in [-0.3, -0.25) is 5.43 Å². The Morgan fingerprint density at radius 2 is 1.76 bits per heavy atom. The number of sulfonamides is 1. The highest BCUT2D eigenvalue weighted by atomic mass is 32.2. The van der Waals surface area contributed by atoms with Gasteiger partial charge in [0.2, 0.25) is 27.9 Å². The van der Waals surface area contributed by atoms with E-state index in [0.29, 0.717) is 18.4 Å². The average Bonchev–Trinajstić information content (AvgIpc) is 2.33. The van der Waals surface area contributed by atoms with Crippen LogP contribution in [0.25, 0.3) is 0 Å². The van der Waals surface area contributed by atoms with Crippen molar-refractivity contribution >= 4 is 27.9 Å². The molecule has 0 bridgehead atoms. The number of rotatable bonds is 7. The van der Waals surface area contributed by atoms with Crippen LogP contribution in [0.2, 0.25) is 0 Å². The summed E-state index contributed by atoms with van der Waals surface area (Å²) >= 11 is 0. The summed E-state index contributed by atoms with van der Waals surface area (Å²) in [6.45, 7) is 3.79. The third-order valence-corrected chi connectivity index (χ3v) is 3.23. The molecule has 0 unspecified atom stereocenters. The molecule has 0 spiro atoms. The van der Waals surface area contributed by atoms with Gasteiger partial charge < -0.3 is 10.2 Å². The molecule has 1 rings (SSSR count). The zero-order valence-corrected chi connectivity index (χ0v) is 13.6. The highest BCUT2D eigenvalue weighted by molar-refractivity contribution is 7.88. The molecule has 0 aromatic carbocycles. The van der Waals surface area contributed by atoms with Crippen molar-refractivity contribution in [2.75, 3.05) is 42.5 Å². The van der Waals surface area contributed by atoms with Crippen LogP contribution in [0.4, 0.5) is 17.8 Å². The highest BCUT2D eigenvalue weighted by Crippen LogP contribution is 2.12. The van der Waals surface area contributed by atoms with Gasteiger partial charge in [-0.1, -0.05) is 0 Å². The van der Waals surface area contributed by atoms with E-state index in [0.717, 1.165) is 6.26 Å². The van der Waals surface area contributed by atoms with Gasteiger partial charge >= 0.3 is 0 Å². The minimum absolute atomic E-state index is 0.213. The van der Waals surface area contributed by atoms with E-state index in [1.807, 2.05) is 0 Å². The second-order valence-corrected chi connectivity index (χ2v) is 7.18. The van der Waals surface area contributed by atoms with E-state index >= 15 is 0 Å². The van der Waals surface area contributed by atoms with Crippen molar-refractivity contribution in [3.05, 3.63) is 0 Å². The summed E-state index contributed by atoms with van der Waals surface area (Å²) in [4.78, 5) is 14.0. The molecule has 1 aromatic rings. The van der Waals surface area contributed by atoms with Crippen molar-refractivity contribution in [3.63, 3.8) is 0 Å². The Bertz CT molecular complexity index is 587. The first-order valence-electron chi connectivity index (χ1n) is 6.15. The second kappa shape index (κ2) is 6.37. The van der Waals surface area contributed by atoms with Gasteiger partial charge in [-0.05, 0) is 13.8 Å². The number of hydrazine groups is 1. The van der Waals surface area contributed by atoms with Gasteiger partial charge in [0.15, 0.2) is 0 Å². The molecule has 11 heteroatoms. The predicted octanol–water partition coefficient (Wildman–Crippen LogP) is -1.04. The lowest BCUT2D eigenvalue weighted by Gasteiger charge is -2.25. The zero-order valence-electron chi connectivity index (χ0n) is 12.8. The van der Waals surface area contributed by atoms with E-state index in [1.54, 1.807) is 32.8 Å². The summed E-state index contributed by atoms with van der Waals surface area (Å²) in [5.74, 6) is 6.25. The number of anilines is 3. The van der Waals surface area contributed by atoms with Crippen LogP contribution in [0.1, 0.15) is 13.8 Å². The molecule has 0 radical (unpaired) electrons. The molecule has 21 heavy (non-hydrogen) atoms. The van der Waals surface area contributed by atoms with Crippen LogP contribution in [0.3, 0.4) is 0 Å². The molecule has 10 nitrogen and oxygen atoms in total. The van der Waals surface area contributed by atoms with E-state index in [-0.39, 0.29) is 5.95 Å². The van der Waals surface area contributed by atoms with Crippen LogP contribution in [-0.2, 0) is 10.0 Å². The zero-order chi connectivity index (χ0) is 16.3. The normalized spacial score (nSPS) is 12.1. The van der Waals surface area contributed by atoms with Gasteiger partial charge in [0, 0.05) is 26.2 Å². The lowest BCUT2D eigenvalue weighted by Crippen LogP contribution is -2.48. The number of hydrogen-bond donors (Lipinski definition) is 4. The molecule has 5 N–H and O–H groups in total. The van der Waals surface area contributed by atoms with E-state index < -0.39 is 15.6 Å². The van der Waals surface area contributed by atoms with Crippen LogP contribution < -0.4 is 26.2 Å². The Kier molecular flexibility index (Phi) is 5.25. The summed E-state index contributed by atoms with van der Waals surface area (Å²) in [6.07, 6.45) is 1.11. The van der Waals surface area contributed by atoms with Gasteiger partial charge in [-0.25, -0.2) is 19.0 Å². The Morgan fingerprint density at radius 3 is 2.24 bits per heavy atom. The predicted molar refractivity (Wildman–Crippen MR) is 82.5 cm³/mol. The number of nitrogens with zero attached hydrogens (tertiary/aromatic N) is 4. The van der Waals surface area contributed by atoms with Crippen LogP contribution in [0, 0.1) is 0 Å². The third kappa shape index (κ3) is 6.06. The van der Waals surface area contributed by atoms with Crippen LogP contribution in [0.5, 0.6) is 0 Å². The fraction of sp³-hybridized carbons (Fsp3) is 0.700. The first-order chi connectivity index (χ1) is 9.52. The average molecular weight is 318 g/mol. The molecular formula is C10H22N8O2S. The molecule has 0 atom stereocenters. The van der Waals surface area contributed by atoms with Gasteiger partial charge in [0.25, 0.3) is 0 Å². The van der Waals surface area contributed by atoms with Crippen LogP contribution >= 0.6 is 0 Å². The number of nitrogens with two attached hydrogens (primary N) is 1. The molecule has 1 heterocycles. The van der Waals surface area contributed by atoms with Gasteiger partial charge in [-0.15, -0.1) is 0 Å². The Labute approximate surface area is 124 Å². The van der Waals surface area contributed by atoms with Crippen molar-refractivity contribution in [1.82, 2.24) is 19.7 Å². The molecule has 1 aromatic heterocycles. The first-order valence-corrected chi connectivity index (χ1v) is 8.04. The number of nitrogen functional groups attached to an aromatic ring is 1. The standard InChI is InChI=1S/C10H22N8O2S/c1-10(2,17-21(5,19)20)6-12-7-13-8(16-11)15-9(14-7)18(3)4/h17H,6,11H2,1-5H3,(H2,12,13,14,15,16). The SMILES string of the molecule is CN(C)c1nc(NN)nc(NCC(C)(C)NS(C)(=O)=O)n1. The first kappa shape index (κ1) is 17.3.